The van der Waals surface area contributed by atoms with Gasteiger partial charge in [-0.25, -0.2) is 0 Å². The first-order chi connectivity index (χ1) is 11.3. The van der Waals surface area contributed by atoms with Gasteiger partial charge in [0.05, 0.1) is 19.3 Å². The van der Waals surface area contributed by atoms with Crippen molar-refractivity contribution in [3.05, 3.63) is 41.5 Å². The highest BCUT2D eigenvalue weighted by Crippen LogP contribution is 2.14. The lowest BCUT2D eigenvalue weighted by atomic mass is 10.1. The summed E-state index contributed by atoms with van der Waals surface area (Å²) in [6.07, 6.45) is 12.0. The largest absolute Gasteiger partial charge is 0.395 e. The highest BCUT2D eigenvalue weighted by molar-refractivity contribution is 5.49. The summed E-state index contributed by atoms with van der Waals surface area (Å²) in [6.45, 7) is 3.92. The molecule has 1 aliphatic rings. The number of rotatable bonds is 10. The second kappa shape index (κ2) is 10.6. The van der Waals surface area contributed by atoms with Crippen molar-refractivity contribution in [3.63, 3.8) is 0 Å². The van der Waals surface area contributed by atoms with E-state index < -0.39 is 0 Å². The Labute approximate surface area is 140 Å². The zero-order valence-electron chi connectivity index (χ0n) is 14.3. The Kier molecular flexibility index (Phi) is 8.37. The lowest BCUT2D eigenvalue weighted by Crippen LogP contribution is -2.24. The Balaban J connectivity index is 1.67. The average molecular weight is 317 g/mol. The van der Waals surface area contributed by atoms with E-state index in [1.807, 2.05) is 0 Å². The van der Waals surface area contributed by atoms with Crippen molar-refractivity contribution in [3.8, 4) is 0 Å². The number of hydrogen-bond donors (Lipinski definition) is 2. The van der Waals surface area contributed by atoms with E-state index >= 15 is 0 Å². The van der Waals surface area contributed by atoms with Gasteiger partial charge in [-0.2, -0.15) is 0 Å². The minimum atomic E-state index is 0.194. The van der Waals surface area contributed by atoms with Crippen LogP contribution in [0.2, 0.25) is 0 Å². The van der Waals surface area contributed by atoms with Crippen molar-refractivity contribution in [2.45, 2.75) is 64.2 Å². The van der Waals surface area contributed by atoms with Crippen LogP contribution < -0.4 is 5.32 Å². The minimum Gasteiger partial charge on any atom is -0.395 e. The molecule has 1 heterocycles. The Morgan fingerprint density at radius 3 is 2.74 bits per heavy atom. The summed E-state index contributed by atoms with van der Waals surface area (Å²) in [5, 5.41) is 12.4. The number of unbranched alkanes of at least 4 members (excludes halogenated alkanes) is 4. The maximum absolute atomic E-state index is 9.11. The first-order valence-corrected chi connectivity index (χ1v) is 9.03. The fourth-order valence-corrected chi connectivity index (χ4v) is 2.90. The van der Waals surface area contributed by atoms with Crippen molar-refractivity contribution < 1.29 is 9.84 Å². The number of ether oxygens (including phenoxy) is 1. The molecular weight excluding hydrogens is 286 g/mol. The summed E-state index contributed by atoms with van der Waals surface area (Å²) < 4.78 is 5.91. The van der Waals surface area contributed by atoms with Gasteiger partial charge in [0.25, 0.3) is 0 Å². The zero-order chi connectivity index (χ0) is 16.3. The second-order valence-corrected chi connectivity index (χ2v) is 6.45. The summed E-state index contributed by atoms with van der Waals surface area (Å²) in [5.41, 5.74) is 2.46. The Morgan fingerprint density at radius 2 is 2.04 bits per heavy atom. The van der Waals surface area contributed by atoms with Crippen LogP contribution in [0.4, 0.5) is 0 Å². The van der Waals surface area contributed by atoms with Crippen LogP contribution in [0.15, 0.2) is 30.3 Å². The van der Waals surface area contributed by atoms with E-state index in [9.17, 15) is 0 Å². The van der Waals surface area contributed by atoms with Crippen molar-refractivity contribution in [2.24, 2.45) is 0 Å². The highest BCUT2D eigenvalue weighted by Gasteiger charge is 2.23. The fraction of sp³-hybridized carbons (Fsp3) is 0.600. The van der Waals surface area contributed by atoms with E-state index in [0.29, 0.717) is 6.61 Å². The lowest BCUT2D eigenvalue weighted by Gasteiger charge is -2.11. The van der Waals surface area contributed by atoms with Crippen molar-refractivity contribution in [2.75, 3.05) is 13.2 Å². The molecule has 1 aliphatic heterocycles. The fourth-order valence-electron chi connectivity index (χ4n) is 2.90. The smallest absolute Gasteiger partial charge is 0.0721 e. The second-order valence-electron chi connectivity index (χ2n) is 6.45. The van der Waals surface area contributed by atoms with Crippen LogP contribution in [-0.4, -0.2) is 30.4 Å². The molecule has 128 valence electrons. The summed E-state index contributed by atoms with van der Waals surface area (Å²) in [6, 6.07) is 8.80. The van der Waals surface area contributed by atoms with Gasteiger partial charge >= 0.3 is 0 Å². The van der Waals surface area contributed by atoms with Crippen molar-refractivity contribution in [1.29, 1.82) is 0 Å². The van der Waals surface area contributed by atoms with Crippen molar-refractivity contribution in [1.82, 2.24) is 5.32 Å². The molecule has 2 N–H and O–H groups in total. The van der Waals surface area contributed by atoms with Gasteiger partial charge in [-0.15, -0.1) is 0 Å². The quantitative estimate of drug-likeness (QED) is 0.643. The van der Waals surface area contributed by atoms with Crippen LogP contribution in [0.1, 0.15) is 56.6 Å². The molecule has 1 saturated heterocycles. The molecule has 2 atom stereocenters. The van der Waals surface area contributed by atoms with Gasteiger partial charge in [-0.3, -0.25) is 0 Å². The third-order valence-corrected chi connectivity index (χ3v) is 4.40. The molecule has 2 rings (SSSR count). The normalized spacial score (nSPS) is 21.3. The maximum Gasteiger partial charge on any atom is 0.0721 e. The molecule has 3 nitrogen and oxygen atoms in total. The van der Waals surface area contributed by atoms with E-state index in [-0.39, 0.29) is 18.8 Å². The van der Waals surface area contributed by atoms with E-state index in [1.165, 1.54) is 43.2 Å². The Bertz CT molecular complexity index is 455. The van der Waals surface area contributed by atoms with E-state index in [0.717, 1.165) is 13.0 Å². The van der Waals surface area contributed by atoms with Crippen LogP contribution >= 0.6 is 0 Å². The van der Waals surface area contributed by atoms with Gasteiger partial charge < -0.3 is 15.2 Å². The Hall–Kier alpha value is -1.16. The summed E-state index contributed by atoms with van der Waals surface area (Å²) in [4.78, 5) is 0. The van der Waals surface area contributed by atoms with E-state index in [1.54, 1.807) is 0 Å². The van der Waals surface area contributed by atoms with E-state index in [2.05, 4.69) is 48.7 Å². The van der Waals surface area contributed by atoms with Gasteiger partial charge in [0.15, 0.2) is 0 Å². The Morgan fingerprint density at radius 1 is 1.22 bits per heavy atom. The number of aliphatic hydroxyl groups excluding tert-OH is 1. The third-order valence-electron chi connectivity index (χ3n) is 4.40. The first-order valence-electron chi connectivity index (χ1n) is 9.03. The van der Waals surface area contributed by atoms with Gasteiger partial charge in [-0.1, -0.05) is 62.6 Å². The van der Waals surface area contributed by atoms with Gasteiger partial charge in [0.2, 0.25) is 0 Å². The first kappa shape index (κ1) is 18.2. The number of benzene rings is 1. The van der Waals surface area contributed by atoms with Crippen LogP contribution in [0.5, 0.6) is 0 Å². The average Bonchev–Trinajstić information content (AvgIpc) is 3.05. The molecule has 1 aromatic rings. The number of nitrogens with one attached hydrogen (secondary N) is 1. The minimum absolute atomic E-state index is 0.194. The lowest BCUT2D eigenvalue weighted by molar-refractivity contribution is 0.0512. The van der Waals surface area contributed by atoms with Crippen LogP contribution in [0.25, 0.3) is 6.08 Å². The van der Waals surface area contributed by atoms with Gasteiger partial charge in [0.1, 0.15) is 0 Å². The number of hydrogen-bond acceptors (Lipinski definition) is 3. The predicted octanol–water partition coefficient (Wildman–Crippen LogP) is 3.91. The highest BCUT2D eigenvalue weighted by atomic mass is 16.5. The topological polar surface area (TPSA) is 41.5 Å². The predicted molar refractivity (Wildman–Crippen MR) is 96.3 cm³/mol. The molecule has 3 heteroatoms. The molecule has 0 unspecified atom stereocenters. The standard InChI is InChI=1S/C20H31NO2/c1-2-3-4-5-6-7-8-17-9-11-18(12-10-17)16-23-20-13-19(15-22)21-14-20/h7-12,19-22H,2-6,13-16H2,1H3/b8-7+/t19-,20+/m1/s1. The molecule has 0 aliphatic carbocycles. The molecule has 0 radical (unpaired) electrons. The molecule has 0 amide bonds. The molecule has 0 bridgehead atoms. The van der Waals surface area contributed by atoms with Gasteiger partial charge in [0, 0.05) is 12.6 Å². The van der Waals surface area contributed by atoms with Crippen LogP contribution in [-0.2, 0) is 11.3 Å². The van der Waals surface area contributed by atoms with Gasteiger partial charge in [-0.05, 0) is 30.4 Å². The summed E-state index contributed by atoms with van der Waals surface area (Å²) in [7, 11) is 0. The third kappa shape index (κ3) is 6.86. The monoisotopic (exact) mass is 317 g/mol. The number of allylic oxidation sites excluding steroid dienone is 1. The summed E-state index contributed by atoms with van der Waals surface area (Å²) >= 11 is 0. The molecule has 1 fully saturated rings. The molecular formula is C20H31NO2. The molecule has 0 saturated carbocycles. The molecule has 23 heavy (non-hydrogen) atoms. The van der Waals surface area contributed by atoms with Crippen LogP contribution in [0.3, 0.4) is 0 Å². The van der Waals surface area contributed by atoms with E-state index in [4.69, 9.17) is 9.84 Å². The van der Waals surface area contributed by atoms with Crippen LogP contribution in [0, 0.1) is 0 Å². The molecule has 0 aromatic heterocycles. The summed E-state index contributed by atoms with van der Waals surface area (Å²) in [5.74, 6) is 0. The molecule has 1 aromatic carbocycles. The maximum atomic E-state index is 9.11. The number of aliphatic hydroxyl groups is 1. The zero-order valence-corrected chi connectivity index (χ0v) is 14.3. The molecule has 0 spiro atoms. The van der Waals surface area contributed by atoms with Crippen molar-refractivity contribution >= 4 is 6.08 Å². The SMILES string of the molecule is CCCCCC/C=C/c1ccc(CO[C@@H]2CN[C@@H](CO)C2)cc1.